The van der Waals surface area contributed by atoms with Crippen LogP contribution in [0.1, 0.15) is 62.7 Å². The molecular weight excluding hydrogens is 422 g/mol. The first-order chi connectivity index (χ1) is 16.6. The van der Waals surface area contributed by atoms with Gasteiger partial charge in [-0.1, -0.05) is 11.6 Å². The largest absolute Gasteiger partial charge is 0.385 e. The zero-order chi connectivity index (χ0) is 23.3. The number of fused-ring (bicyclic) bond motifs is 1. The third kappa shape index (κ3) is 3.60. The fourth-order valence-corrected chi connectivity index (χ4v) is 6.42. The zero-order valence-corrected chi connectivity index (χ0v) is 20.0. The third-order valence-electron chi connectivity index (χ3n) is 8.60. The first-order valence-corrected chi connectivity index (χ1v) is 12.7. The second kappa shape index (κ2) is 8.26. The number of hydrogen-bond acceptors (Lipinski definition) is 4. The molecule has 3 aliphatic rings. The van der Waals surface area contributed by atoms with E-state index in [1.54, 1.807) is 12.3 Å². The predicted octanol–water partition coefficient (Wildman–Crippen LogP) is 5.70. The number of rotatable bonds is 8. The summed E-state index contributed by atoms with van der Waals surface area (Å²) in [4.78, 5) is 25.6. The number of carbonyl (C=O) groups is 1. The van der Waals surface area contributed by atoms with Crippen LogP contribution in [0.25, 0.3) is 22.6 Å². The van der Waals surface area contributed by atoms with Gasteiger partial charge in [-0.25, -0.2) is 9.97 Å². The van der Waals surface area contributed by atoms with Gasteiger partial charge in [0.05, 0.1) is 5.56 Å². The van der Waals surface area contributed by atoms with Gasteiger partial charge in [-0.2, -0.15) is 0 Å². The molecule has 2 aromatic heterocycles. The predicted molar refractivity (Wildman–Crippen MR) is 136 cm³/mol. The number of nitrogens with one attached hydrogen (secondary N) is 3. The van der Waals surface area contributed by atoms with Crippen LogP contribution in [-0.4, -0.2) is 33.4 Å². The van der Waals surface area contributed by atoms with E-state index in [4.69, 9.17) is 4.98 Å². The summed E-state index contributed by atoms with van der Waals surface area (Å²) in [6.45, 7) is 5.21. The molecule has 6 nitrogen and oxygen atoms in total. The number of imidazole rings is 1. The fraction of sp³-hybridized carbons (Fsp3) is 0.464. The Morgan fingerprint density at radius 3 is 2.82 bits per heavy atom. The number of aromatic nitrogens is 3. The molecule has 1 amide bonds. The maximum atomic E-state index is 13.1. The van der Waals surface area contributed by atoms with Crippen molar-refractivity contribution >= 4 is 22.8 Å². The zero-order valence-electron chi connectivity index (χ0n) is 20.0. The lowest BCUT2D eigenvalue weighted by molar-refractivity contribution is 0.0694. The normalized spacial score (nSPS) is 27.1. The number of benzene rings is 1. The van der Waals surface area contributed by atoms with E-state index in [2.05, 4.69) is 64.8 Å². The SMILES string of the molecule is C/C=C(\C)CCCNc1ccc(-c2nc3c(C(=O)NC4CC56CC5CCC46)ccnc3[nH]2)cc1. The Bertz CT molecular complexity index is 1260. The van der Waals surface area contributed by atoms with Crippen LogP contribution in [0.2, 0.25) is 0 Å². The van der Waals surface area contributed by atoms with Crippen molar-refractivity contribution in [2.75, 3.05) is 11.9 Å². The quantitative estimate of drug-likeness (QED) is 0.300. The van der Waals surface area contributed by atoms with Gasteiger partial charge in [-0.05, 0) is 100.0 Å². The highest BCUT2D eigenvalue weighted by Gasteiger charge is 2.71. The van der Waals surface area contributed by atoms with Crippen molar-refractivity contribution in [3.05, 3.63) is 53.7 Å². The monoisotopic (exact) mass is 455 g/mol. The Labute approximate surface area is 200 Å². The summed E-state index contributed by atoms with van der Waals surface area (Å²) in [6, 6.07) is 10.4. The summed E-state index contributed by atoms with van der Waals surface area (Å²) in [5.41, 5.74) is 5.99. The molecule has 1 spiro atoms. The van der Waals surface area contributed by atoms with Crippen LogP contribution in [0, 0.1) is 17.3 Å². The van der Waals surface area contributed by atoms with Gasteiger partial charge in [0.1, 0.15) is 11.3 Å². The van der Waals surface area contributed by atoms with Gasteiger partial charge >= 0.3 is 0 Å². The summed E-state index contributed by atoms with van der Waals surface area (Å²) in [5, 5.41) is 6.79. The highest BCUT2D eigenvalue weighted by molar-refractivity contribution is 6.04. The molecular formula is C28H33N5O. The molecule has 3 N–H and O–H groups in total. The van der Waals surface area contributed by atoms with Gasteiger partial charge in [-0.3, -0.25) is 4.79 Å². The van der Waals surface area contributed by atoms with Crippen LogP contribution in [-0.2, 0) is 0 Å². The van der Waals surface area contributed by atoms with E-state index < -0.39 is 0 Å². The molecule has 3 saturated carbocycles. The maximum absolute atomic E-state index is 13.1. The fourth-order valence-electron chi connectivity index (χ4n) is 6.42. The molecule has 0 aliphatic heterocycles. The standard InChI is InChI=1S/C28H33N5O/c1-3-17(2)5-4-13-29-20-9-6-18(7-10-20)25-32-24-21(12-14-30-26(24)33-25)27(34)31-23-16-28-15-19(28)8-11-22(23)28/h3,6-7,9-10,12,14,19,22-23,29H,4-5,8,11,13,15-16H2,1-2H3,(H,31,34)(H,30,32,33)/b17-3+. The van der Waals surface area contributed by atoms with E-state index in [1.165, 1.54) is 24.8 Å². The van der Waals surface area contributed by atoms with Crippen LogP contribution in [0.5, 0.6) is 0 Å². The molecule has 0 bridgehead atoms. The lowest BCUT2D eigenvalue weighted by Gasteiger charge is -2.44. The molecule has 176 valence electrons. The third-order valence-corrected chi connectivity index (χ3v) is 8.60. The Hall–Kier alpha value is -3.15. The van der Waals surface area contributed by atoms with Crippen molar-refractivity contribution in [3.8, 4) is 11.4 Å². The van der Waals surface area contributed by atoms with E-state index in [0.717, 1.165) is 48.8 Å². The molecule has 4 atom stereocenters. The van der Waals surface area contributed by atoms with E-state index in [9.17, 15) is 4.79 Å². The number of H-pyrrole nitrogens is 1. The number of amides is 1. The number of anilines is 1. The van der Waals surface area contributed by atoms with Gasteiger partial charge in [0, 0.05) is 30.0 Å². The summed E-state index contributed by atoms with van der Waals surface area (Å²) < 4.78 is 0. The molecule has 3 fully saturated rings. The number of aromatic amines is 1. The molecule has 34 heavy (non-hydrogen) atoms. The van der Waals surface area contributed by atoms with Crippen molar-refractivity contribution in [2.24, 2.45) is 17.3 Å². The Balaban J connectivity index is 1.13. The van der Waals surface area contributed by atoms with Crippen LogP contribution < -0.4 is 10.6 Å². The second-order valence-corrected chi connectivity index (χ2v) is 10.5. The van der Waals surface area contributed by atoms with Crippen molar-refractivity contribution in [1.29, 1.82) is 0 Å². The van der Waals surface area contributed by atoms with Gasteiger partial charge in [-0.15, -0.1) is 0 Å². The smallest absolute Gasteiger partial charge is 0.253 e. The highest BCUT2D eigenvalue weighted by Crippen LogP contribution is 2.75. The number of nitrogens with zero attached hydrogens (tertiary/aromatic N) is 2. The number of carbonyl (C=O) groups excluding carboxylic acids is 1. The van der Waals surface area contributed by atoms with E-state index in [-0.39, 0.29) is 5.91 Å². The molecule has 6 heteroatoms. The summed E-state index contributed by atoms with van der Waals surface area (Å²) in [5.74, 6) is 2.34. The van der Waals surface area contributed by atoms with Crippen LogP contribution in [0.15, 0.2) is 48.2 Å². The minimum Gasteiger partial charge on any atom is -0.385 e. The first kappa shape index (κ1) is 21.4. The lowest BCUT2D eigenvalue weighted by Crippen LogP contribution is -2.52. The molecule has 0 saturated heterocycles. The summed E-state index contributed by atoms with van der Waals surface area (Å²) in [7, 11) is 0. The van der Waals surface area contributed by atoms with Gasteiger partial charge in [0.15, 0.2) is 5.65 Å². The Morgan fingerprint density at radius 1 is 1.21 bits per heavy atom. The molecule has 3 aliphatic carbocycles. The van der Waals surface area contributed by atoms with Gasteiger partial charge in [0.2, 0.25) is 0 Å². The molecule has 6 rings (SSSR count). The minimum absolute atomic E-state index is 0.0258. The molecule has 3 aromatic rings. The van der Waals surface area contributed by atoms with Gasteiger partial charge in [0.25, 0.3) is 5.91 Å². The Kier molecular flexibility index (Phi) is 5.19. The average Bonchev–Trinajstić information content (AvgIpc) is 3.28. The molecule has 1 aromatic carbocycles. The molecule has 4 unspecified atom stereocenters. The summed E-state index contributed by atoms with van der Waals surface area (Å²) >= 11 is 0. The Morgan fingerprint density at radius 2 is 2.06 bits per heavy atom. The lowest BCUT2D eigenvalue weighted by atomic mass is 9.67. The van der Waals surface area contributed by atoms with E-state index >= 15 is 0 Å². The van der Waals surface area contributed by atoms with Crippen molar-refractivity contribution in [3.63, 3.8) is 0 Å². The second-order valence-electron chi connectivity index (χ2n) is 10.5. The van der Waals surface area contributed by atoms with Crippen molar-refractivity contribution in [1.82, 2.24) is 20.3 Å². The van der Waals surface area contributed by atoms with E-state index in [1.807, 2.05) is 0 Å². The van der Waals surface area contributed by atoms with Crippen LogP contribution in [0.4, 0.5) is 5.69 Å². The minimum atomic E-state index is -0.0258. The van der Waals surface area contributed by atoms with Crippen molar-refractivity contribution < 1.29 is 4.79 Å². The number of allylic oxidation sites excluding steroid dienone is 2. The number of hydrogen-bond donors (Lipinski definition) is 3. The maximum Gasteiger partial charge on any atom is 0.253 e. The molecule has 0 radical (unpaired) electrons. The first-order valence-electron chi connectivity index (χ1n) is 12.7. The van der Waals surface area contributed by atoms with Crippen molar-refractivity contribution in [2.45, 2.75) is 58.4 Å². The van der Waals surface area contributed by atoms with Crippen LogP contribution in [0.3, 0.4) is 0 Å². The van der Waals surface area contributed by atoms with E-state index in [0.29, 0.717) is 34.1 Å². The molecule has 2 heterocycles. The highest BCUT2D eigenvalue weighted by atomic mass is 16.1. The average molecular weight is 456 g/mol. The topological polar surface area (TPSA) is 82.7 Å². The van der Waals surface area contributed by atoms with Gasteiger partial charge < -0.3 is 15.6 Å². The number of pyridine rings is 1. The van der Waals surface area contributed by atoms with Crippen LogP contribution >= 0.6 is 0 Å². The summed E-state index contributed by atoms with van der Waals surface area (Å²) in [6.07, 6.45) is 11.3.